The highest BCUT2D eigenvalue weighted by atomic mass is 35.5. The van der Waals surface area contributed by atoms with Crippen LogP contribution in [0.4, 0.5) is 0 Å². The van der Waals surface area contributed by atoms with Gasteiger partial charge in [-0.1, -0.05) is 66.7 Å². The van der Waals surface area contributed by atoms with Crippen LogP contribution in [0.25, 0.3) is 28.5 Å². The quantitative estimate of drug-likeness (QED) is 0.252. The summed E-state index contributed by atoms with van der Waals surface area (Å²) in [6, 6.07) is 13.1. The predicted octanol–water partition coefficient (Wildman–Crippen LogP) is 7.94. The lowest BCUT2D eigenvalue weighted by Gasteiger charge is -2.11. The topological polar surface area (TPSA) is 56.7 Å². The molecule has 2 aliphatic rings. The summed E-state index contributed by atoms with van der Waals surface area (Å²) in [5.74, 6) is 2.02. The van der Waals surface area contributed by atoms with Gasteiger partial charge in [0.2, 0.25) is 5.89 Å². The van der Waals surface area contributed by atoms with Gasteiger partial charge in [0.15, 0.2) is 5.69 Å². The average Bonchev–Trinajstić information content (AvgIpc) is 3.71. The van der Waals surface area contributed by atoms with Crippen molar-refractivity contribution in [1.82, 2.24) is 20.0 Å². The smallest absolute Gasteiger partial charge is 0.268 e. The molecule has 2 fully saturated rings. The molecule has 174 valence electrons. The molecule has 6 rings (SSSR count). The number of hydrogen-bond donors (Lipinski definition) is 0. The minimum absolute atomic E-state index is 0.0693. The number of benzene rings is 2. The lowest BCUT2D eigenvalue weighted by Crippen LogP contribution is -2.07. The second-order valence-corrected chi connectivity index (χ2v) is 10.7. The second-order valence-electron chi connectivity index (χ2n) is 9.38. The molecule has 2 heterocycles. The van der Waals surface area contributed by atoms with E-state index >= 15 is 0 Å². The second kappa shape index (κ2) is 8.40. The fourth-order valence-electron chi connectivity index (χ4n) is 4.75. The van der Waals surface area contributed by atoms with Crippen molar-refractivity contribution in [3.63, 3.8) is 0 Å². The van der Waals surface area contributed by atoms with Crippen LogP contribution in [-0.2, 0) is 11.8 Å². The van der Waals surface area contributed by atoms with E-state index in [1.807, 2.05) is 35.0 Å². The van der Waals surface area contributed by atoms with Crippen molar-refractivity contribution in [1.29, 1.82) is 0 Å². The maximum Gasteiger partial charge on any atom is 0.268 e. The minimum atomic E-state index is 0.0693. The van der Waals surface area contributed by atoms with Gasteiger partial charge in [-0.25, -0.2) is 4.68 Å². The van der Waals surface area contributed by atoms with Crippen molar-refractivity contribution in [2.24, 2.45) is 5.92 Å². The molecule has 2 aromatic carbocycles. The zero-order valence-electron chi connectivity index (χ0n) is 18.7. The molecular formula is C26H23Cl3N4O. The van der Waals surface area contributed by atoms with Crippen molar-refractivity contribution in [2.45, 2.75) is 50.9 Å². The molecule has 34 heavy (non-hydrogen) atoms. The Morgan fingerprint density at radius 1 is 1.00 bits per heavy atom. The summed E-state index contributed by atoms with van der Waals surface area (Å²) in [5, 5.41) is 15.6. The number of halogens is 3. The van der Waals surface area contributed by atoms with Gasteiger partial charge in [-0.2, -0.15) is 5.10 Å². The summed E-state index contributed by atoms with van der Waals surface area (Å²) in [7, 11) is 0. The van der Waals surface area contributed by atoms with Gasteiger partial charge in [-0.3, -0.25) is 0 Å². The third kappa shape index (κ3) is 3.94. The Morgan fingerprint density at radius 2 is 1.74 bits per heavy atom. The van der Waals surface area contributed by atoms with E-state index in [0.29, 0.717) is 26.7 Å². The molecule has 0 radical (unpaired) electrons. The molecule has 0 spiro atoms. The van der Waals surface area contributed by atoms with E-state index in [1.54, 1.807) is 12.1 Å². The summed E-state index contributed by atoms with van der Waals surface area (Å²) < 4.78 is 8.15. The Bertz CT molecular complexity index is 1370. The summed E-state index contributed by atoms with van der Waals surface area (Å²) in [6.45, 7) is 2.10. The van der Waals surface area contributed by atoms with E-state index in [1.165, 1.54) is 12.8 Å². The monoisotopic (exact) mass is 512 g/mol. The molecule has 0 unspecified atom stereocenters. The van der Waals surface area contributed by atoms with Crippen LogP contribution in [0.15, 0.2) is 46.9 Å². The molecule has 0 N–H and O–H groups in total. The van der Waals surface area contributed by atoms with Crippen LogP contribution in [0.2, 0.25) is 15.1 Å². The first kappa shape index (κ1) is 22.1. The van der Waals surface area contributed by atoms with Crippen LogP contribution < -0.4 is 0 Å². The van der Waals surface area contributed by atoms with E-state index < -0.39 is 0 Å². The first-order valence-electron chi connectivity index (χ1n) is 11.6. The van der Waals surface area contributed by atoms with Gasteiger partial charge in [-0.15, -0.1) is 10.2 Å². The van der Waals surface area contributed by atoms with Crippen molar-refractivity contribution in [3.8, 4) is 28.5 Å². The van der Waals surface area contributed by atoms with Crippen molar-refractivity contribution in [2.75, 3.05) is 0 Å². The van der Waals surface area contributed by atoms with Gasteiger partial charge in [0, 0.05) is 26.6 Å². The Labute approximate surface area is 213 Å². The average molecular weight is 514 g/mol. The zero-order valence-corrected chi connectivity index (χ0v) is 21.0. The van der Waals surface area contributed by atoms with Crippen LogP contribution in [0.3, 0.4) is 0 Å². The van der Waals surface area contributed by atoms with E-state index in [0.717, 1.165) is 60.0 Å². The molecule has 5 nitrogen and oxygen atoms in total. The fraction of sp³-hybridized carbons (Fsp3) is 0.346. The molecule has 2 saturated carbocycles. The summed E-state index contributed by atoms with van der Waals surface area (Å²) in [6.07, 6.45) is 6.76. The molecule has 2 aliphatic carbocycles. The third-order valence-electron chi connectivity index (χ3n) is 6.90. The van der Waals surface area contributed by atoms with Gasteiger partial charge in [0.1, 0.15) is 0 Å². The molecular weight excluding hydrogens is 491 g/mol. The Morgan fingerprint density at radius 3 is 2.38 bits per heavy atom. The predicted molar refractivity (Wildman–Crippen MR) is 135 cm³/mol. The van der Waals surface area contributed by atoms with Gasteiger partial charge < -0.3 is 4.42 Å². The number of hydrogen-bond acceptors (Lipinski definition) is 4. The standard InChI is InChI=1S/C26H23Cl3N4O/c1-2-19-22(24-30-31-25(34-24)26(11-12-26)14-15-3-4-15)32-33(21-10-9-18(28)13-20(21)29)23(19)16-5-7-17(27)8-6-16/h5-10,13,15H,2-4,11-12,14H2,1H3. The molecule has 0 bridgehead atoms. The van der Waals surface area contributed by atoms with Crippen LogP contribution in [0.5, 0.6) is 0 Å². The van der Waals surface area contributed by atoms with Gasteiger partial charge in [-0.05, 0) is 61.9 Å². The summed E-state index contributed by atoms with van der Waals surface area (Å²) in [5.41, 5.74) is 4.37. The van der Waals surface area contributed by atoms with E-state index in [4.69, 9.17) is 44.3 Å². The number of rotatable bonds is 7. The lowest BCUT2D eigenvalue weighted by molar-refractivity contribution is 0.411. The highest BCUT2D eigenvalue weighted by molar-refractivity contribution is 6.35. The zero-order chi connectivity index (χ0) is 23.4. The van der Waals surface area contributed by atoms with Crippen LogP contribution in [0.1, 0.15) is 50.5 Å². The van der Waals surface area contributed by atoms with Gasteiger partial charge in [0.05, 0.1) is 16.4 Å². The first-order valence-corrected chi connectivity index (χ1v) is 12.8. The molecule has 0 aliphatic heterocycles. The number of aromatic nitrogens is 4. The van der Waals surface area contributed by atoms with Gasteiger partial charge in [0.25, 0.3) is 5.89 Å². The Balaban J connectivity index is 1.50. The van der Waals surface area contributed by atoms with E-state index in [-0.39, 0.29) is 5.41 Å². The highest BCUT2D eigenvalue weighted by Crippen LogP contribution is 2.56. The molecule has 0 amide bonds. The lowest BCUT2D eigenvalue weighted by atomic mass is 9.99. The maximum atomic E-state index is 6.61. The molecule has 0 saturated heterocycles. The highest BCUT2D eigenvalue weighted by Gasteiger charge is 2.52. The molecule has 2 aromatic heterocycles. The van der Waals surface area contributed by atoms with Crippen LogP contribution >= 0.6 is 34.8 Å². The molecule has 4 aromatic rings. The molecule has 0 atom stereocenters. The Kier molecular flexibility index (Phi) is 5.47. The van der Waals surface area contributed by atoms with E-state index in [9.17, 15) is 0 Å². The van der Waals surface area contributed by atoms with Crippen LogP contribution in [-0.4, -0.2) is 20.0 Å². The van der Waals surface area contributed by atoms with Crippen molar-refractivity contribution < 1.29 is 4.42 Å². The molecule has 8 heteroatoms. The summed E-state index contributed by atoms with van der Waals surface area (Å²) >= 11 is 18.9. The Hall–Kier alpha value is -2.34. The largest absolute Gasteiger partial charge is 0.419 e. The van der Waals surface area contributed by atoms with E-state index in [2.05, 4.69) is 17.1 Å². The summed E-state index contributed by atoms with van der Waals surface area (Å²) in [4.78, 5) is 0. The van der Waals surface area contributed by atoms with Gasteiger partial charge >= 0.3 is 0 Å². The first-order chi connectivity index (χ1) is 16.5. The number of nitrogens with zero attached hydrogens (tertiary/aromatic N) is 4. The normalized spacial score (nSPS) is 16.7. The van der Waals surface area contributed by atoms with Crippen molar-refractivity contribution >= 4 is 34.8 Å². The third-order valence-corrected chi connectivity index (χ3v) is 7.69. The minimum Gasteiger partial charge on any atom is -0.419 e. The van der Waals surface area contributed by atoms with Crippen LogP contribution in [0, 0.1) is 5.92 Å². The maximum absolute atomic E-state index is 6.61. The SMILES string of the molecule is CCc1c(-c2nnc(C3(CC4CC4)CC3)o2)nn(-c2ccc(Cl)cc2Cl)c1-c1ccc(Cl)cc1. The fourth-order valence-corrected chi connectivity index (χ4v) is 5.37. The van der Waals surface area contributed by atoms with Crippen molar-refractivity contribution in [3.05, 3.63) is 69.0 Å².